The molecule has 2 atom stereocenters. The fraction of sp³-hybridized carbons (Fsp3) is 0.346. The number of carbonyl (C=O) groups excluding carboxylic acids is 1. The fourth-order valence-corrected chi connectivity index (χ4v) is 4.05. The number of hydrogen-bond acceptors (Lipinski definition) is 4. The smallest absolute Gasteiger partial charge is 0.226 e. The van der Waals surface area contributed by atoms with Crippen molar-refractivity contribution in [1.29, 1.82) is 5.26 Å². The van der Waals surface area contributed by atoms with Crippen LogP contribution < -0.4 is 10.6 Å². The van der Waals surface area contributed by atoms with Gasteiger partial charge >= 0.3 is 0 Å². The van der Waals surface area contributed by atoms with E-state index >= 15 is 0 Å². The molecule has 2 unspecified atom stereocenters. The molecule has 2 N–H and O–H groups in total. The van der Waals surface area contributed by atoms with Crippen molar-refractivity contribution in [3.63, 3.8) is 0 Å². The summed E-state index contributed by atoms with van der Waals surface area (Å²) >= 11 is 12.4. The lowest BCUT2D eigenvalue weighted by Gasteiger charge is -2.25. The van der Waals surface area contributed by atoms with E-state index < -0.39 is 0 Å². The minimum atomic E-state index is -0.0468. The van der Waals surface area contributed by atoms with Crippen LogP contribution in [0.5, 0.6) is 0 Å². The number of nitrogens with one attached hydrogen (secondary N) is 2. The highest BCUT2D eigenvalue weighted by molar-refractivity contribution is 6.42. The van der Waals surface area contributed by atoms with Gasteiger partial charge in [-0.1, -0.05) is 67.7 Å². The zero-order valence-electron chi connectivity index (χ0n) is 19.4. The number of aromatic nitrogens is 2. The van der Waals surface area contributed by atoms with Crippen molar-refractivity contribution in [3.8, 4) is 6.07 Å². The van der Waals surface area contributed by atoms with Gasteiger partial charge < -0.3 is 15.2 Å². The van der Waals surface area contributed by atoms with E-state index in [1.165, 1.54) is 0 Å². The maximum Gasteiger partial charge on any atom is 0.226 e. The highest BCUT2D eigenvalue weighted by Gasteiger charge is 2.19. The first-order valence-electron chi connectivity index (χ1n) is 11.3. The molecule has 3 aromatic rings. The molecule has 1 heterocycles. The largest absolute Gasteiger partial charge is 0.351 e. The lowest BCUT2D eigenvalue weighted by molar-refractivity contribution is -0.121. The second-order valence-corrected chi connectivity index (χ2v) is 9.19. The number of amides is 1. The van der Waals surface area contributed by atoms with Gasteiger partial charge in [0.25, 0.3) is 0 Å². The summed E-state index contributed by atoms with van der Waals surface area (Å²) in [4.78, 5) is 17.1. The quantitative estimate of drug-likeness (QED) is 0.391. The van der Waals surface area contributed by atoms with E-state index in [4.69, 9.17) is 28.5 Å². The van der Waals surface area contributed by atoms with E-state index in [1.807, 2.05) is 28.8 Å². The second kappa shape index (κ2) is 12.6. The summed E-state index contributed by atoms with van der Waals surface area (Å²) in [5.74, 6) is 0.254. The van der Waals surface area contributed by atoms with E-state index in [-0.39, 0.29) is 18.4 Å². The predicted molar refractivity (Wildman–Crippen MR) is 136 cm³/mol. The Kier molecular flexibility index (Phi) is 9.52. The van der Waals surface area contributed by atoms with Crippen LogP contribution in [0.15, 0.2) is 55.0 Å². The normalized spacial score (nSPS) is 12.7. The number of hydrogen-bond donors (Lipinski definition) is 2. The van der Waals surface area contributed by atoms with Gasteiger partial charge in [-0.3, -0.25) is 4.79 Å². The molecule has 34 heavy (non-hydrogen) atoms. The van der Waals surface area contributed by atoms with E-state index in [0.717, 1.165) is 23.2 Å². The van der Waals surface area contributed by atoms with Crippen LogP contribution in [0.4, 0.5) is 0 Å². The number of rotatable bonds is 11. The summed E-state index contributed by atoms with van der Waals surface area (Å²) in [6, 6.07) is 15.1. The maximum absolute atomic E-state index is 12.9. The molecule has 1 amide bonds. The van der Waals surface area contributed by atoms with Gasteiger partial charge in [0, 0.05) is 37.6 Å². The molecule has 6 nitrogen and oxygen atoms in total. The summed E-state index contributed by atoms with van der Waals surface area (Å²) in [5.41, 5.74) is 3.43. The van der Waals surface area contributed by atoms with Gasteiger partial charge in [-0.25, -0.2) is 4.98 Å². The standard InChI is InChI=1S/C26H29Cl2N5O/c1-3-18(2)24(15-30-13-21-5-4-6-23(27)26(21)28)32-25(34)11-22-14-31-17-33(22)16-20-9-7-19(12-29)8-10-20/h4-10,14,17-18,24,30H,3,11,13,15-16H2,1-2H3,(H,32,34). The lowest BCUT2D eigenvalue weighted by Crippen LogP contribution is -2.46. The third kappa shape index (κ3) is 7.07. The van der Waals surface area contributed by atoms with Crippen LogP contribution in [0, 0.1) is 17.2 Å². The summed E-state index contributed by atoms with van der Waals surface area (Å²) in [6.45, 7) is 6.02. The first-order valence-corrected chi connectivity index (χ1v) is 12.1. The number of nitrogens with zero attached hydrogens (tertiary/aromatic N) is 3. The van der Waals surface area contributed by atoms with Crippen molar-refractivity contribution in [2.24, 2.45) is 5.92 Å². The number of imidazole rings is 1. The average Bonchev–Trinajstić information content (AvgIpc) is 3.27. The number of nitriles is 1. The van der Waals surface area contributed by atoms with Crippen LogP contribution in [0.2, 0.25) is 10.0 Å². The third-order valence-electron chi connectivity index (χ3n) is 5.96. The summed E-state index contributed by atoms with van der Waals surface area (Å²) in [7, 11) is 0. The van der Waals surface area contributed by atoms with Gasteiger partial charge in [-0.2, -0.15) is 5.26 Å². The Hall–Kier alpha value is -2.85. The van der Waals surface area contributed by atoms with E-state index in [9.17, 15) is 4.79 Å². The molecule has 2 aromatic carbocycles. The van der Waals surface area contributed by atoms with Gasteiger partial charge in [-0.05, 0) is 35.2 Å². The van der Waals surface area contributed by atoms with Gasteiger partial charge in [0.1, 0.15) is 0 Å². The zero-order chi connectivity index (χ0) is 24.5. The summed E-state index contributed by atoms with van der Waals surface area (Å²) in [5, 5.41) is 16.6. The molecule has 0 aliphatic heterocycles. The van der Waals surface area contributed by atoms with E-state index in [1.54, 1.807) is 30.7 Å². The van der Waals surface area contributed by atoms with Crippen LogP contribution in [-0.4, -0.2) is 28.0 Å². The van der Waals surface area contributed by atoms with Gasteiger partial charge in [0.05, 0.1) is 34.4 Å². The molecule has 0 fully saturated rings. The average molecular weight is 498 g/mol. The fourth-order valence-electron chi connectivity index (χ4n) is 3.67. The molecule has 0 aliphatic rings. The molecule has 0 radical (unpaired) electrons. The van der Waals surface area contributed by atoms with Crippen molar-refractivity contribution in [2.75, 3.05) is 6.54 Å². The van der Waals surface area contributed by atoms with Gasteiger partial charge in [0.2, 0.25) is 5.91 Å². The Morgan fingerprint density at radius 2 is 1.97 bits per heavy atom. The first kappa shape index (κ1) is 25.8. The van der Waals surface area contributed by atoms with Crippen LogP contribution in [-0.2, 0) is 24.3 Å². The van der Waals surface area contributed by atoms with Crippen LogP contribution in [0.3, 0.4) is 0 Å². The molecule has 8 heteroatoms. The summed E-state index contributed by atoms with van der Waals surface area (Å²) in [6.07, 6.45) is 4.63. The zero-order valence-corrected chi connectivity index (χ0v) is 20.9. The highest BCUT2D eigenvalue weighted by atomic mass is 35.5. The van der Waals surface area contributed by atoms with Crippen molar-refractivity contribution >= 4 is 29.1 Å². The molecule has 178 valence electrons. The molecule has 0 spiro atoms. The molecule has 1 aromatic heterocycles. The Labute approximate surface area is 210 Å². The monoisotopic (exact) mass is 497 g/mol. The number of halogens is 2. The van der Waals surface area contributed by atoms with Crippen molar-refractivity contribution in [3.05, 3.63) is 87.4 Å². The Morgan fingerprint density at radius 1 is 1.21 bits per heavy atom. The van der Waals surface area contributed by atoms with Crippen LogP contribution in [0.1, 0.15) is 42.7 Å². The Morgan fingerprint density at radius 3 is 2.68 bits per heavy atom. The molecule has 0 saturated heterocycles. The van der Waals surface area contributed by atoms with Crippen molar-refractivity contribution in [1.82, 2.24) is 20.2 Å². The van der Waals surface area contributed by atoms with E-state index in [2.05, 4.69) is 35.5 Å². The predicted octanol–water partition coefficient (Wildman–Crippen LogP) is 4.97. The minimum absolute atomic E-state index is 0.0228. The third-order valence-corrected chi connectivity index (χ3v) is 6.82. The Balaban J connectivity index is 1.58. The maximum atomic E-state index is 12.9. The van der Waals surface area contributed by atoms with E-state index in [0.29, 0.717) is 41.2 Å². The molecule has 0 saturated carbocycles. The van der Waals surface area contributed by atoms with Gasteiger partial charge in [-0.15, -0.1) is 0 Å². The minimum Gasteiger partial charge on any atom is -0.351 e. The van der Waals surface area contributed by atoms with Crippen LogP contribution in [0.25, 0.3) is 0 Å². The van der Waals surface area contributed by atoms with Gasteiger partial charge in [0.15, 0.2) is 0 Å². The lowest BCUT2D eigenvalue weighted by atomic mass is 9.98. The molecule has 3 rings (SSSR count). The van der Waals surface area contributed by atoms with Crippen molar-refractivity contribution < 1.29 is 4.79 Å². The van der Waals surface area contributed by atoms with Crippen molar-refractivity contribution in [2.45, 2.75) is 45.8 Å². The number of carbonyl (C=O) groups is 1. The van der Waals surface area contributed by atoms with Crippen LogP contribution >= 0.6 is 23.2 Å². The molecule has 0 aliphatic carbocycles. The molecular formula is C26H29Cl2N5O. The topological polar surface area (TPSA) is 82.7 Å². The molecule has 0 bridgehead atoms. The second-order valence-electron chi connectivity index (χ2n) is 8.40. The summed E-state index contributed by atoms with van der Waals surface area (Å²) < 4.78 is 1.96. The Bertz CT molecular complexity index is 1140. The SMILES string of the molecule is CCC(C)C(CNCc1cccc(Cl)c1Cl)NC(=O)Cc1cncn1Cc1ccc(C#N)cc1. The molecular weight excluding hydrogens is 469 g/mol. The number of benzene rings is 2. The first-order chi connectivity index (χ1) is 16.4. The highest BCUT2D eigenvalue weighted by Crippen LogP contribution is 2.25.